The molecule has 6 heteroatoms. The molecule has 1 rings (SSSR count). The maximum atomic E-state index is 12.9. The smallest absolute Gasteiger partial charge is 0.304 e. The summed E-state index contributed by atoms with van der Waals surface area (Å²) in [5, 5.41) is 0. The third-order valence-electron chi connectivity index (χ3n) is 6.99. The summed E-state index contributed by atoms with van der Waals surface area (Å²) < 4.78 is 3.26. The van der Waals surface area contributed by atoms with Gasteiger partial charge in [0.2, 0.25) is 0 Å². The highest BCUT2D eigenvalue weighted by Gasteiger charge is 2.09. The molecule has 0 aliphatic heterocycles. The topological polar surface area (TPSA) is 50.5 Å². The van der Waals surface area contributed by atoms with Crippen LogP contribution in [-0.2, 0) is 13.1 Å². The first kappa shape index (κ1) is 29.6. The van der Waals surface area contributed by atoms with Crippen molar-refractivity contribution in [1.82, 2.24) is 18.9 Å². The van der Waals surface area contributed by atoms with Crippen LogP contribution in [0, 0.1) is 6.92 Å². The molecule has 0 aliphatic rings. The van der Waals surface area contributed by atoms with E-state index in [0.717, 1.165) is 57.6 Å². The summed E-state index contributed by atoms with van der Waals surface area (Å²) in [4.78, 5) is 30.3. The van der Waals surface area contributed by atoms with E-state index in [1.54, 1.807) is 10.6 Å². The molecule has 0 saturated carbocycles. The Kier molecular flexibility index (Phi) is 16.2. The molecule has 1 aromatic rings. The van der Waals surface area contributed by atoms with Crippen LogP contribution in [0.3, 0.4) is 0 Å². The van der Waals surface area contributed by atoms with E-state index in [9.17, 15) is 9.59 Å². The molecule has 1 heterocycles. The lowest BCUT2D eigenvalue weighted by Gasteiger charge is -2.17. The Morgan fingerprint density at radius 1 is 0.606 bits per heavy atom. The van der Waals surface area contributed by atoms with E-state index in [2.05, 4.69) is 37.5 Å². The van der Waals surface area contributed by atoms with Crippen molar-refractivity contribution in [2.75, 3.05) is 39.3 Å². The minimum atomic E-state index is -0.147. The van der Waals surface area contributed by atoms with Crippen molar-refractivity contribution < 1.29 is 0 Å². The molecule has 0 fully saturated rings. The first-order chi connectivity index (χ1) is 16.0. The molecule has 0 radical (unpaired) electrons. The molecule has 0 atom stereocenters. The van der Waals surface area contributed by atoms with Crippen molar-refractivity contribution in [3.05, 3.63) is 32.6 Å². The predicted molar refractivity (Wildman–Crippen MR) is 141 cm³/mol. The first-order valence-corrected chi connectivity index (χ1v) is 13.7. The number of rotatable bonds is 20. The van der Waals surface area contributed by atoms with Gasteiger partial charge in [0.1, 0.15) is 0 Å². The van der Waals surface area contributed by atoms with Crippen LogP contribution in [0.15, 0.2) is 15.7 Å². The van der Waals surface area contributed by atoms with E-state index in [0.29, 0.717) is 13.1 Å². The van der Waals surface area contributed by atoms with Crippen LogP contribution >= 0.6 is 0 Å². The molecular weight excluding hydrogens is 412 g/mol. The minimum absolute atomic E-state index is 0.122. The minimum Gasteiger partial charge on any atom is -0.304 e. The lowest BCUT2D eigenvalue weighted by Crippen LogP contribution is -2.40. The van der Waals surface area contributed by atoms with Crippen LogP contribution in [0.25, 0.3) is 0 Å². The van der Waals surface area contributed by atoms with E-state index in [4.69, 9.17) is 0 Å². The molecule has 33 heavy (non-hydrogen) atoms. The maximum absolute atomic E-state index is 12.9. The summed E-state index contributed by atoms with van der Waals surface area (Å²) >= 11 is 0. The third kappa shape index (κ3) is 11.5. The van der Waals surface area contributed by atoms with Crippen LogP contribution in [0.1, 0.15) is 97.6 Å². The standard InChI is InChI=1S/C27H52N4O2/c1-6-28(7-2)20-16-12-10-14-18-22-30-25(5)24-26(32)31(27(30)33)23-19-15-11-13-17-21-29(8-3)9-4/h24H,6-23H2,1-5H3. The Hall–Kier alpha value is -1.40. The Balaban J connectivity index is 2.38. The Labute approximate surface area is 203 Å². The molecular formula is C27H52N4O2. The van der Waals surface area contributed by atoms with Gasteiger partial charge in [-0.25, -0.2) is 4.79 Å². The number of aromatic nitrogens is 2. The van der Waals surface area contributed by atoms with E-state index < -0.39 is 0 Å². The lowest BCUT2D eigenvalue weighted by molar-refractivity contribution is 0.295. The molecule has 0 amide bonds. The van der Waals surface area contributed by atoms with Gasteiger partial charge in [0.05, 0.1) is 0 Å². The van der Waals surface area contributed by atoms with Gasteiger partial charge in [0.25, 0.3) is 5.56 Å². The van der Waals surface area contributed by atoms with Crippen molar-refractivity contribution in [2.24, 2.45) is 0 Å². The largest absolute Gasteiger partial charge is 0.331 e. The number of hydrogen-bond donors (Lipinski definition) is 0. The second-order valence-corrected chi connectivity index (χ2v) is 9.30. The van der Waals surface area contributed by atoms with Gasteiger partial charge in [-0.1, -0.05) is 66.2 Å². The van der Waals surface area contributed by atoms with Gasteiger partial charge >= 0.3 is 5.69 Å². The first-order valence-electron chi connectivity index (χ1n) is 13.7. The SMILES string of the molecule is CCN(CC)CCCCCCCn1c(C)cc(=O)n(CCCCCCCN(CC)CC)c1=O. The average Bonchev–Trinajstić information content (AvgIpc) is 2.81. The molecule has 0 spiro atoms. The van der Waals surface area contributed by atoms with Gasteiger partial charge in [-0.15, -0.1) is 0 Å². The fraction of sp³-hybridized carbons (Fsp3) is 0.852. The molecule has 0 bridgehead atoms. The fourth-order valence-electron chi connectivity index (χ4n) is 4.55. The quantitative estimate of drug-likeness (QED) is 0.258. The fourth-order valence-corrected chi connectivity index (χ4v) is 4.55. The summed E-state index contributed by atoms with van der Waals surface area (Å²) in [6.45, 7) is 18.9. The highest BCUT2D eigenvalue weighted by molar-refractivity contribution is 5.00. The number of aryl methyl sites for hydroxylation is 1. The highest BCUT2D eigenvalue weighted by Crippen LogP contribution is 2.07. The molecule has 0 aromatic carbocycles. The summed E-state index contributed by atoms with van der Waals surface area (Å²) in [6, 6.07) is 1.63. The van der Waals surface area contributed by atoms with Crippen molar-refractivity contribution in [3.8, 4) is 0 Å². The van der Waals surface area contributed by atoms with Gasteiger partial charge in [-0.05, 0) is 71.9 Å². The van der Waals surface area contributed by atoms with Crippen molar-refractivity contribution in [2.45, 2.75) is 112 Å². The third-order valence-corrected chi connectivity index (χ3v) is 6.99. The number of nitrogens with zero attached hydrogens (tertiary/aromatic N) is 4. The number of unbranched alkanes of at least 4 members (excludes halogenated alkanes) is 8. The molecule has 6 nitrogen and oxygen atoms in total. The zero-order valence-electron chi connectivity index (χ0n) is 22.4. The van der Waals surface area contributed by atoms with E-state index in [-0.39, 0.29) is 11.2 Å². The van der Waals surface area contributed by atoms with Crippen molar-refractivity contribution >= 4 is 0 Å². The van der Waals surface area contributed by atoms with Gasteiger partial charge in [0, 0.05) is 24.8 Å². The van der Waals surface area contributed by atoms with Crippen LogP contribution in [-0.4, -0.2) is 58.2 Å². The van der Waals surface area contributed by atoms with Gasteiger partial charge in [-0.3, -0.25) is 13.9 Å². The summed E-state index contributed by atoms with van der Waals surface area (Å²) in [6.07, 6.45) is 11.4. The van der Waals surface area contributed by atoms with E-state index in [1.807, 2.05) is 6.92 Å². The molecule has 1 aromatic heterocycles. The van der Waals surface area contributed by atoms with E-state index >= 15 is 0 Å². The zero-order valence-corrected chi connectivity index (χ0v) is 22.4. The van der Waals surface area contributed by atoms with E-state index in [1.165, 1.54) is 56.2 Å². The maximum Gasteiger partial charge on any atom is 0.331 e. The summed E-state index contributed by atoms with van der Waals surface area (Å²) in [5.74, 6) is 0. The van der Waals surface area contributed by atoms with Crippen LogP contribution < -0.4 is 11.2 Å². The highest BCUT2D eigenvalue weighted by atomic mass is 16.2. The number of hydrogen-bond acceptors (Lipinski definition) is 4. The molecule has 0 saturated heterocycles. The molecule has 0 unspecified atom stereocenters. The van der Waals surface area contributed by atoms with Gasteiger partial charge in [-0.2, -0.15) is 0 Å². The Bertz CT molecular complexity index is 733. The Morgan fingerprint density at radius 3 is 1.45 bits per heavy atom. The summed E-state index contributed by atoms with van der Waals surface area (Å²) in [7, 11) is 0. The molecule has 192 valence electrons. The van der Waals surface area contributed by atoms with Crippen LogP contribution in [0.2, 0.25) is 0 Å². The molecule has 0 aliphatic carbocycles. The lowest BCUT2D eigenvalue weighted by atomic mass is 10.1. The van der Waals surface area contributed by atoms with Gasteiger partial charge < -0.3 is 9.80 Å². The monoisotopic (exact) mass is 464 g/mol. The van der Waals surface area contributed by atoms with Crippen LogP contribution in [0.5, 0.6) is 0 Å². The second-order valence-electron chi connectivity index (χ2n) is 9.30. The van der Waals surface area contributed by atoms with Crippen LogP contribution in [0.4, 0.5) is 0 Å². The van der Waals surface area contributed by atoms with Crippen molar-refractivity contribution in [1.29, 1.82) is 0 Å². The zero-order chi connectivity index (χ0) is 24.5. The normalized spacial score (nSPS) is 11.7. The predicted octanol–water partition coefficient (Wildman–Crippen LogP) is 4.90. The Morgan fingerprint density at radius 2 is 1.00 bits per heavy atom. The second kappa shape index (κ2) is 18.0. The van der Waals surface area contributed by atoms with Gasteiger partial charge in [0.15, 0.2) is 0 Å². The summed E-state index contributed by atoms with van der Waals surface area (Å²) in [5.41, 5.74) is 0.522. The average molecular weight is 465 g/mol. The van der Waals surface area contributed by atoms with Crippen molar-refractivity contribution in [3.63, 3.8) is 0 Å². The molecule has 0 N–H and O–H groups in total.